The molecule has 0 saturated carbocycles. The van der Waals surface area contributed by atoms with E-state index in [0.717, 1.165) is 34.4 Å². The minimum absolute atomic E-state index is 0.268. The number of thioether (sulfide) groups is 1. The summed E-state index contributed by atoms with van der Waals surface area (Å²) in [5, 5.41) is -0.268. The van der Waals surface area contributed by atoms with Gasteiger partial charge < -0.3 is 4.57 Å². The molecular weight excluding hydrogens is 380 g/mol. The van der Waals surface area contributed by atoms with Crippen LogP contribution in [0.1, 0.15) is 28.1 Å². The standard InChI is InChI=1S/C24H22N2O2S/c1-15-10-11-16(2)21(12-15)25-17(3)13-19(18(25)4)14-22-23(27)26(24(28)29-22)20-8-6-5-7-9-20/h5-14H,1-4H3. The van der Waals surface area contributed by atoms with Crippen molar-refractivity contribution in [2.24, 2.45) is 0 Å². The van der Waals surface area contributed by atoms with Crippen molar-refractivity contribution in [1.29, 1.82) is 0 Å². The highest BCUT2D eigenvalue weighted by Crippen LogP contribution is 2.36. The van der Waals surface area contributed by atoms with E-state index in [0.29, 0.717) is 10.6 Å². The second kappa shape index (κ2) is 7.41. The summed E-state index contributed by atoms with van der Waals surface area (Å²) in [6, 6.07) is 17.5. The summed E-state index contributed by atoms with van der Waals surface area (Å²) >= 11 is 0.986. The van der Waals surface area contributed by atoms with Gasteiger partial charge in [0.25, 0.3) is 11.1 Å². The molecule has 1 aliphatic rings. The SMILES string of the molecule is Cc1ccc(C)c(-n2c(C)cc(C=C3SC(=O)N(c4ccccc4)C3=O)c2C)c1. The molecule has 0 radical (unpaired) electrons. The van der Waals surface area contributed by atoms with Crippen LogP contribution in [-0.2, 0) is 4.79 Å². The molecule has 2 heterocycles. The largest absolute Gasteiger partial charge is 0.318 e. The first kappa shape index (κ1) is 19.3. The van der Waals surface area contributed by atoms with Gasteiger partial charge in [-0.2, -0.15) is 0 Å². The van der Waals surface area contributed by atoms with Crippen LogP contribution in [0.4, 0.5) is 10.5 Å². The predicted molar refractivity (Wildman–Crippen MR) is 120 cm³/mol. The maximum absolute atomic E-state index is 12.9. The Hall–Kier alpha value is -3.05. The summed E-state index contributed by atoms with van der Waals surface area (Å²) in [7, 11) is 0. The van der Waals surface area contributed by atoms with Crippen LogP contribution in [0, 0.1) is 27.7 Å². The van der Waals surface area contributed by atoms with E-state index in [1.807, 2.05) is 31.2 Å². The summed E-state index contributed by atoms with van der Waals surface area (Å²) in [6.45, 7) is 8.28. The van der Waals surface area contributed by atoms with Crippen LogP contribution in [0.15, 0.2) is 59.5 Å². The molecule has 2 amide bonds. The van der Waals surface area contributed by atoms with Crippen molar-refractivity contribution in [3.05, 3.63) is 87.6 Å². The molecule has 0 N–H and O–H groups in total. The van der Waals surface area contributed by atoms with Gasteiger partial charge in [-0.05, 0) is 86.5 Å². The fourth-order valence-corrected chi connectivity index (χ4v) is 4.51. The number of hydrogen-bond donors (Lipinski definition) is 0. The fraction of sp³-hybridized carbons (Fsp3) is 0.167. The first-order valence-electron chi connectivity index (χ1n) is 9.46. The Kier molecular flexibility index (Phi) is 4.92. The Morgan fingerprint density at radius 2 is 1.62 bits per heavy atom. The van der Waals surface area contributed by atoms with Crippen molar-refractivity contribution in [3.8, 4) is 5.69 Å². The molecule has 0 unspecified atom stereocenters. The summed E-state index contributed by atoms with van der Waals surface area (Å²) in [6.07, 6.45) is 1.83. The quantitative estimate of drug-likeness (QED) is 0.508. The molecule has 2 aromatic carbocycles. The van der Waals surface area contributed by atoms with E-state index in [1.54, 1.807) is 12.1 Å². The summed E-state index contributed by atoms with van der Waals surface area (Å²) in [5.41, 5.74) is 7.20. The third-order valence-electron chi connectivity index (χ3n) is 5.17. The number of amides is 2. The Morgan fingerprint density at radius 3 is 2.34 bits per heavy atom. The normalized spacial score (nSPS) is 15.6. The zero-order chi connectivity index (χ0) is 20.7. The van der Waals surface area contributed by atoms with Crippen molar-refractivity contribution in [3.63, 3.8) is 0 Å². The minimum Gasteiger partial charge on any atom is -0.318 e. The Morgan fingerprint density at radius 1 is 0.897 bits per heavy atom. The molecule has 4 nitrogen and oxygen atoms in total. The molecule has 146 valence electrons. The smallest absolute Gasteiger partial charge is 0.298 e. The molecule has 0 aliphatic carbocycles. The zero-order valence-electron chi connectivity index (χ0n) is 16.9. The lowest BCUT2D eigenvalue weighted by atomic mass is 10.1. The van der Waals surface area contributed by atoms with Gasteiger partial charge in [0.15, 0.2) is 0 Å². The second-order valence-electron chi connectivity index (χ2n) is 7.30. The fourth-order valence-electron chi connectivity index (χ4n) is 3.67. The molecule has 0 bridgehead atoms. The van der Waals surface area contributed by atoms with Crippen molar-refractivity contribution >= 4 is 34.7 Å². The number of hydrogen-bond acceptors (Lipinski definition) is 3. The van der Waals surface area contributed by atoms with E-state index in [2.05, 4.69) is 49.6 Å². The van der Waals surface area contributed by atoms with Gasteiger partial charge in [-0.25, -0.2) is 4.90 Å². The molecule has 1 aromatic heterocycles. The Labute approximate surface area is 174 Å². The van der Waals surface area contributed by atoms with E-state index in [-0.39, 0.29) is 11.1 Å². The van der Waals surface area contributed by atoms with Crippen LogP contribution in [-0.4, -0.2) is 15.7 Å². The van der Waals surface area contributed by atoms with Gasteiger partial charge in [0.2, 0.25) is 0 Å². The van der Waals surface area contributed by atoms with Crippen molar-refractivity contribution in [2.75, 3.05) is 4.90 Å². The zero-order valence-corrected chi connectivity index (χ0v) is 17.7. The number of aryl methyl sites for hydroxylation is 3. The lowest BCUT2D eigenvalue weighted by Gasteiger charge is -2.13. The number of carbonyl (C=O) groups is 2. The number of imide groups is 1. The highest BCUT2D eigenvalue weighted by atomic mass is 32.2. The first-order valence-corrected chi connectivity index (χ1v) is 10.3. The Bertz CT molecular complexity index is 1160. The molecule has 1 aliphatic heterocycles. The molecule has 0 spiro atoms. The lowest BCUT2D eigenvalue weighted by Crippen LogP contribution is -2.27. The number of para-hydroxylation sites is 1. The van der Waals surface area contributed by atoms with Gasteiger partial charge in [-0.3, -0.25) is 9.59 Å². The number of benzene rings is 2. The molecule has 5 heteroatoms. The third kappa shape index (κ3) is 3.42. The van der Waals surface area contributed by atoms with Gasteiger partial charge >= 0.3 is 0 Å². The van der Waals surface area contributed by atoms with Crippen LogP contribution >= 0.6 is 11.8 Å². The van der Waals surface area contributed by atoms with Gasteiger partial charge in [0.05, 0.1) is 10.6 Å². The highest BCUT2D eigenvalue weighted by Gasteiger charge is 2.36. The van der Waals surface area contributed by atoms with Crippen LogP contribution in [0.3, 0.4) is 0 Å². The van der Waals surface area contributed by atoms with Crippen molar-refractivity contribution in [2.45, 2.75) is 27.7 Å². The highest BCUT2D eigenvalue weighted by molar-refractivity contribution is 8.19. The average molecular weight is 403 g/mol. The molecule has 4 rings (SSSR count). The van der Waals surface area contributed by atoms with E-state index in [4.69, 9.17) is 0 Å². The second-order valence-corrected chi connectivity index (χ2v) is 8.30. The van der Waals surface area contributed by atoms with E-state index < -0.39 is 0 Å². The molecule has 0 atom stereocenters. The van der Waals surface area contributed by atoms with E-state index in [1.165, 1.54) is 16.0 Å². The Balaban J connectivity index is 1.74. The number of nitrogens with zero attached hydrogens (tertiary/aromatic N) is 2. The van der Waals surface area contributed by atoms with Crippen molar-refractivity contribution in [1.82, 2.24) is 4.57 Å². The van der Waals surface area contributed by atoms with Gasteiger partial charge in [0, 0.05) is 17.1 Å². The lowest BCUT2D eigenvalue weighted by molar-refractivity contribution is -0.113. The van der Waals surface area contributed by atoms with Gasteiger partial charge in [0.1, 0.15) is 0 Å². The van der Waals surface area contributed by atoms with Crippen LogP contribution in [0.5, 0.6) is 0 Å². The van der Waals surface area contributed by atoms with E-state index in [9.17, 15) is 9.59 Å². The maximum atomic E-state index is 12.9. The van der Waals surface area contributed by atoms with Crippen LogP contribution < -0.4 is 4.90 Å². The summed E-state index contributed by atoms with van der Waals surface area (Å²) in [5.74, 6) is -0.275. The van der Waals surface area contributed by atoms with Crippen LogP contribution in [0.25, 0.3) is 11.8 Å². The molecule has 1 saturated heterocycles. The molecular formula is C24H22N2O2S. The van der Waals surface area contributed by atoms with E-state index >= 15 is 0 Å². The molecule has 3 aromatic rings. The first-order chi connectivity index (χ1) is 13.9. The minimum atomic E-state index is -0.275. The maximum Gasteiger partial charge on any atom is 0.298 e. The average Bonchev–Trinajstić information content (AvgIpc) is 3.13. The molecule has 1 fully saturated rings. The third-order valence-corrected chi connectivity index (χ3v) is 6.04. The number of aromatic nitrogens is 1. The molecule has 29 heavy (non-hydrogen) atoms. The number of rotatable bonds is 3. The summed E-state index contributed by atoms with van der Waals surface area (Å²) in [4.78, 5) is 27.1. The number of carbonyl (C=O) groups excluding carboxylic acids is 2. The number of anilines is 1. The van der Waals surface area contributed by atoms with Gasteiger partial charge in [-0.15, -0.1) is 0 Å². The summed E-state index contributed by atoms with van der Waals surface area (Å²) < 4.78 is 2.20. The topological polar surface area (TPSA) is 42.3 Å². The van der Waals surface area contributed by atoms with Crippen LogP contribution in [0.2, 0.25) is 0 Å². The van der Waals surface area contributed by atoms with Gasteiger partial charge in [-0.1, -0.05) is 30.3 Å². The van der Waals surface area contributed by atoms with Crippen molar-refractivity contribution < 1.29 is 9.59 Å². The predicted octanol–water partition coefficient (Wildman–Crippen LogP) is 5.95. The monoisotopic (exact) mass is 402 g/mol.